The van der Waals surface area contributed by atoms with E-state index in [4.69, 9.17) is 9.84 Å². The summed E-state index contributed by atoms with van der Waals surface area (Å²) in [5, 5.41) is 21.1. The van der Waals surface area contributed by atoms with Gasteiger partial charge in [0.2, 0.25) is 0 Å². The van der Waals surface area contributed by atoms with Crippen LogP contribution in [0.5, 0.6) is 0 Å². The SMILES string of the molecule is Cc1cn(-c2ccc3c(cnn3C)c2F)c(=O)n1-c1c2c(nn1-c1cc(Br)c(F)c(Br)c1)CCN(C(=O)c1cc3cc([C@H]4CCOC(C)(C)C4)ccc3n1[C@@]1(C#N)C[C@@H]1C)[C@H]2C. The van der Waals surface area contributed by atoms with Crippen LogP contribution in [-0.4, -0.2) is 62.8 Å². The number of nitriles is 1. The van der Waals surface area contributed by atoms with E-state index in [0.717, 1.165) is 23.7 Å². The zero-order chi connectivity index (χ0) is 43.7. The summed E-state index contributed by atoms with van der Waals surface area (Å²) in [4.78, 5) is 31.8. The quantitative estimate of drug-likeness (QED) is 0.153. The molecule has 16 heteroatoms. The number of imidazole rings is 1. The van der Waals surface area contributed by atoms with Gasteiger partial charge in [-0.05, 0) is 139 Å². The van der Waals surface area contributed by atoms with Crippen LogP contribution >= 0.6 is 31.9 Å². The molecule has 3 aromatic carbocycles. The number of ether oxygens (including phenoxy) is 1. The molecule has 2 fully saturated rings. The van der Waals surface area contributed by atoms with Gasteiger partial charge in [0.15, 0.2) is 11.6 Å². The summed E-state index contributed by atoms with van der Waals surface area (Å²) >= 11 is 6.68. The van der Waals surface area contributed by atoms with Crippen molar-refractivity contribution in [2.45, 2.75) is 83.4 Å². The van der Waals surface area contributed by atoms with Crippen LogP contribution in [0.4, 0.5) is 8.78 Å². The van der Waals surface area contributed by atoms with Crippen LogP contribution < -0.4 is 5.69 Å². The molecule has 0 unspecified atom stereocenters. The van der Waals surface area contributed by atoms with Crippen molar-refractivity contribution in [2.75, 3.05) is 13.2 Å². The minimum atomic E-state index is -0.875. The summed E-state index contributed by atoms with van der Waals surface area (Å²) < 4.78 is 45.4. The fourth-order valence-electron chi connectivity index (χ4n) is 10.0. The zero-order valence-corrected chi connectivity index (χ0v) is 38.2. The number of hydrogen-bond acceptors (Lipinski definition) is 6. The van der Waals surface area contributed by atoms with Crippen LogP contribution in [0, 0.1) is 35.8 Å². The molecular formula is C46H43Br2F2N9O3. The Labute approximate surface area is 372 Å². The number of fused-ring (bicyclic) bond motifs is 3. The van der Waals surface area contributed by atoms with Crippen molar-refractivity contribution in [3.8, 4) is 23.3 Å². The maximum absolute atomic E-state index is 16.2. The Bertz CT molecular complexity index is 3130. The molecule has 1 amide bonds. The topological polar surface area (TPSA) is 121 Å². The molecule has 318 valence electrons. The number of halogens is 4. The molecule has 6 heterocycles. The van der Waals surface area contributed by atoms with Gasteiger partial charge in [-0.25, -0.2) is 22.8 Å². The fourth-order valence-corrected chi connectivity index (χ4v) is 11.2. The van der Waals surface area contributed by atoms with Gasteiger partial charge in [-0.15, -0.1) is 0 Å². The lowest BCUT2D eigenvalue weighted by molar-refractivity contribution is -0.0592. The van der Waals surface area contributed by atoms with Gasteiger partial charge in [-0.2, -0.15) is 15.5 Å². The molecule has 4 atom stereocenters. The van der Waals surface area contributed by atoms with E-state index >= 15 is 13.6 Å². The Morgan fingerprint density at radius 2 is 1.74 bits per heavy atom. The minimum absolute atomic E-state index is 0.0396. The average molecular weight is 968 g/mol. The van der Waals surface area contributed by atoms with Crippen molar-refractivity contribution in [1.82, 2.24) is 38.2 Å². The Morgan fingerprint density at radius 1 is 1.02 bits per heavy atom. The molecule has 1 saturated heterocycles. The van der Waals surface area contributed by atoms with E-state index in [0.29, 0.717) is 71.6 Å². The first-order chi connectivity index (χ1) is 29.5. The second-order valence-corrected chi connectivity index (χ2v) is 19.4. The number of hydrogen-bond donors (Lipinski definition) is 0. The summed E-state index contributed by atoms with van der Waals surface area (Å²) in [6, 6.07) is 16.7. The van der Waals surface area contributed by atoms with Gasteiger partial charge in [-0.3, -0.25) is 14.0 Å². The molecule has 0 radical (unpaired) electrons. The molecule has 62 heavy (non-hydrogen) atoms. The Kier molecular flexibility index (Phi) is 9.41. The summed E-state index contributed by atoms with van der Waals surface area (Å²) in [5.74, 6) is -0.671. The normalized spacial score (nSPS) is 22.0. The third-order valence-corrected chi connectivity index (χ3v) is 14.5. The van der Waals surface area contributed by atoms with Gasteiger partial charge in [0.25, 0.3) is 5.91 Å². The molecule has 3 aliphatic rings. The van der Waals surface area contributed by atoms with Crippen LogP contribution in [0.3, 0.4) is 0 Å². The maximum Gasteiger partial charge on any atom is 0.338 e. The highest BCUT2D eigenvalue weighted by Crippen LogP contribution is 2.53. The Balaban J connectivity index is 1.12. The largest absolute Gasteiger partial charge is 0.376 e. The monoisotopic (exact) mass is 965 g/mol. The van der Waals surface area contributed by atoms with Crippen molar-refractivity contribution in [2.24, 2.45) is 13.0 Å². The fraction of sp³-hybridized carbons (Fsp3) is 0.370. The van der Waals surface area contributed by atoms with Crippen molar-refractivity contribution >= 4 is 59.6 Å². The predicted molar refractivity (Wildman–Crippen MR) is 237 cm³/mol. The highest BCUT2D eigenvalue weighted by atomic mass is 79.9. The summed E-state index contributed by atoms with van der Waals surface area (Å²) in [7, 11) is 1.72. The van der Waals surface area contributed by atoms with Crippen molar-refractivity contribution in [3.05, 3.63) is 120 Å². The molecule has 12 nitrogen and oxygen atoms in total. The van der Waals surface area contributed by atoms with Crippen molar-refractivity contribution < 1.29 is 18.3 Å². The van der Waals surface area contributed by atoms with Crippen molar-refractivity contribution in [3.63, 3.8) is 0 Å². The average Bonchev–Trinajstić information content (AvgIpc) is 3.63. The van der Waals surface area contributed by atoms with E-state index in [-0.39, 0.29) is 37.4 Å². The van der Waals surface area contributed by atoms with E-state index in [1.807, 2.05) is 24.5 Å². The van der Waals surface area contributed by atoms with Gasteiger partial charge >= 0.3 is 5.69 Å². The van der Waals surface area contributed by atoms with E-state index in [1.54, 1.807) is 58.7 Å². The van der Waals surface area contributed by atoms with Crippen LogP contribution in [0.15, 0.2) is 74.7 Å². The number of carbonyl (C=O) groups is 1. The molecule has 1 aliphatic carbocycles. The second-order valence-electron chi connectivity index (χ2n) is 17.7. The molecule has 7 aromatic rings. The Morgan fingerprint density at radius 3 is 2.44 bits per heavy atom. The minimum Gasteiger partial charge on any atom is -0.376 e. The Hall–Kier alpha value is -5.37. The number of aromatic nitrogens is 7. The maximum atomic E-state index is 16.2. The molecule has 0 spiro atoms. The lowest BCUT2D eigenvalue weighted by Gasteiger charge is -2.35. The van der Waals surface area contributed by atoms with Crippen molar-refractivity contribution in [1.29, 1.82) is 5.26 Å². The van der Waals surface area contributed by atoms with E-state index in [1.165, 1.54) is 20.9 Å². The highest BCUT2D eigenvalue weighted by molar-refractivity contribution is 9.11. The molecule has 2 aliphatic heterocycles. The molecule has 10 rings (SSSR count). The molecule has 1 saturated carbocycles. The predicted octanol–water partition coefficient (Wildman–Crippen LogP) is 9.46. The van der Waals surface area contributed by atoms with Gasteiger partial charge in [-0.1, -0.05) is 13.0 Å². The number of amides is 1. The number of benzene rings is 3. The smallest absolute Gasteiger partial charge is 0.338 e. The van der Waals surface area contributed by atoms with Crippen LogP contribution in [0.2, 0.25) is 0 Å². The van der Waals surface area contributed by atoms with Crippen LogP contribution in [-0.2, 0) is 23.7 Å². The number of rotatable bonds is 6. The summed E-state index contributed by atoms with van der Waals surface area (Å²) in [5.41, 5.74) is 3.58. The lowest BCUT2D eigenvalue weighted by atomic mass is 9.83. The number of nitrogens with zero attached hydrogens (tertiary/aromatic N) is 9. The third kappa shape index (κ3) is 6.09. The standard InChI is InChI=1S/C46H43Br2F2N9O3/c1-24-19-46(24,23-51)58-35-8-7-27(28-12-14-62-45(4,5)20-28)15-29(35)16-38(58)43(60)55-13-11-34-39(26(55)3)42(59(53-34)30-17-32(47)41(50)33(48)18-30)57-25(2)22-56(44(57)61)37-10-9-36-31(40(37)49)21-52-54(36)6/h7-10,15-18,21-22,24,26,28H,11-14,19-20H2,1-6H3/t24-,26-,28-,46+/m0/s1. The first-order valence-corrected chi connectivity index (χ1v) is 22.3. The number of aryl methyl sites for hydroxylation is 2. The molecular weight excluding hydrogens is 924 g/mol. The van der Waals surface area contributed by atoms with E-state index < -0.39 is 28.9 Å². The summed E-state index contributed by atoms with van der Waals surface area (Å²) in [6.45, 7) is 10.9. The third-order valence-electron chi connectivity index (χ3n) is 13.4. The second kappa shape index (κ2) is 14.3. The summed E-state index contributed by atoms with van der Waals surface area (Å²) in [6.07, 6.45) is 5.75. The highest BCUT2D eigenvalue weighted by Gasteiger charge is 2.56. The van der Waals surface area contributed by atoms with E-state index in [2.05, 4.69) is 75.1 Å². The first kappa shape index (κ1) is 40.7. The molecule has 0 bridgehead atoms. The first-order valence-electron chi connectivity index (χ1n) is 20.7. The van der Waals surface area contributed by atoms with Gasteiger partial charge < -0.3 is 14.2 Å². The lowest BCUT2D eigenvalue weighted by Crippen LogP contribution is -2.41. The molecule has 4 aromatic heterocycles. The molecule has 0 N–H and O–H groups in total. The van der Waals surface area contributed by atoms with Gasteiger partial charge in [0, 0.05) is 49.5 Å². The van der Waals surface area contributed by atoms with Crippen LogP contribution in [0.25, 0.3) is 39.0 Å². The van der Waals surface area contributed by atoms with Gasteiger partial charge in [0.05, 0.1) is 66.3 Å². The number of carbonyl (C=O) groups excluding carboxylic acids is 1. The van der Waals surface area contributed by atoms with E-state index in [9.17, 15) is 10.1 Å². The van der Waals surface area contributed by atoms with Crippen LogP contribution in [0.1, 0.15) is 91.9 Å². The van der Waals surface area contributed by atoms with Gasteiger partial charge in [0.1, 0.15) is 17.1 Å². The zero-order valence-electron chi connectivity index (χ0n) is 35.0.